The molecule has 0 amide bonds. The van der Waals surface area contributed by atoms with Crippen LogP contribution in [0.2, 0.25) is 0 Å². The lowest BCUT2D eigenvalue weighted by Gasteiger charge is -2.29. The van der Waals surface area contributed by atoms with E-state index in [0.717, 1.165) is 111 Å². The van der Waals surface area contributed by atoms with Gasteiger partial charge in [-0.05, 0) is 214 Å². The number of ether oxygens (including phenoxy) is 3. The Morgan fingerprint density at radius 1 is 0.316 bits per heavy atom. The Labute approximate surface area is 567 Å². The zero-order chi connectivity index (χ0) is 66.0. The van der Waals surface area contributed by atoms with Crippen LogP contribution in [0.4, 0.5) is 0 Å². The highest BCUT2D eigenvalue weighted by Crippen LogP contribution is 2.55. The summed E-state index contributed by atoms with van der Waals surface area (Å²) in [4.78, 5) is 0. The van der Waals surface area contributed by atoms with Crippen LogP contribution in [-0.2, 0) is 56.7 Å². The summed E-state index contributed by atoms with van der Waals surface area (Å²) >= 11 is 0. The second kappa shape index (κ2) is 31.1. The Balaban J connectivity index is 0.935. The first-order valence-corrected chi connectivity index (χ1v) is 36.9. The van der Waals surface area contributed by atoms with Crippen molar-refractivity contribution in [2.24, 2.45) is 17.8 Å². The minimum atomic E-state index is -4.62. The van der Waals surface area contributed by atoms with E-state index in [1.54, 1.807) is 0 Å². The van der Waals surface area contributed by atoms with Crippen molar-refractivity contribution in [1.82, 2.24) is 0 Å². The highest BCUT2D eigenvalue weighted by atomic mass is 31.2. The van der Waals surface area contributed by atoms with Gasteiger partial charge in [-0.2, -0.15) is 0 Å². The number of phosphoric ester groups is 1. The first kappa shape index (κ1) is 67.5. The maximum absolute atomic E-state index is 16.2. The van der Waals surface area contributed by atoms with Gasteiger partial charge in [-0.25, -0.2) is 18.1 Å². The zero-order valence-electron chi connectivity index (χ0n) is 57.7. The molecule has 0 spiro atoms. The molecular formula is C87H99O7P. The molecule has 3 aliphatic carbocycles. The molecule has 8 heteroatoms. The van der Waals surface area contributed by atoms with Crippen LogP contribution in [0, 0.1) is 17.8 Å². The number of hydrogen-bond donors (Lipinski definition) is 0. The summed E-state index contributed by atoms with van der Waals surface area (Å²) in [5.74, 6) is 4.76. The van der Waals surface area contributed by atoms with Gasteiger partial charge in [0.1, 0.15) is 17.2 Å². The highest BCUT2D eigenvalue weighted by molar-refractivity contribution is 7.48. The van der Waals surface area contributed by atoms with Crippen LogP contribution in [0.1, 0.15) is 236 Å². The molecule has 3 aliphatic rings. The van der Waals surface area contributed by atoms with Crippen LogP contribution in [0.3, 0.4) is 0 Å². The largest absolute Gasteiger partial charge is 0.483 e. The lowest BCUT2D eigenvalue weighted by atomic mass is 9.80. The SMILES string of the molecule is CC(C)c1cc(Cc2ccccc2)c(Cc2ccccc2)c([C@H](C)C2CC2)c1OCOP(=O)(OCOc1c(C(C)C)cc(Cc2ccccc2)c(Cc2ccccc2)c1[C@H](C)C1CC1)OCOc1c(C(C)C)cc(Cc2ccccc2)c(Cc2ccccc2)c1[C@H](C)C1CC1. The minimum absolute atomic E-state index is 0.0954. The molecule has 9 aromatic rings. The van der Waals surface area contributed by atoms with Crippen molar-refractivity contribution in [3.63, 3.8) is 0 Å². The van der Waals surface area contributed by atoms with Gasteiger partial charge in [0.25, 0.3) is 0 Å². The fourth-order valence-electron chi connectivity index (χ4n) is 14.6. The van der Waals surface area contributed by atoms with Gasteiger partial charge in [0, 0.05) is 16.7 Å². The molecule has 0 saturated heterocycles. The molecule has 0 aliphatic heterocycles. The predicted octanol–water partition coefficient (Wildman–Crippen LogP) is 22.7. The smallest absolute Gasteiger partial charge is 0.466 e. The molecule has 12 rings (SSSR count). The molecule has 0 bridgehead atoms. The summed E-state index contributed by atoms with van der Waals surface area (Å²) < 4.78 is 57.6. The lowest BCUT2D eigenvalue weighted by molar-refractivity contribution is -0.00578. The third-order valence-electron chi connectivity index (χ3n) is 20.5. The average molecular weight is 1290 g/mol. The summed E-state index contributed by atoms with van der Waals surface area (Å²) in [6.07, 6.45) is 11.5. The van der Waals surface area contributed by atoms with E-state index in [-0.39, 0.29) is 35.5 Å². The predicted molar refractivity (Wildman–Crippen MR) is 388 cm³/mol. The van der Waals surface area contributed by atoms with Crippen LogP contribution in [0.25, 0.3) is 0 Å². The van der Waals surface area contributed by atoms with E-state index in [9.17, 15) is 0 Å². The van der Waals surface area contributed by atoms with Gasteiger partial charge in [0.15, 0.2) is 20.4 Å². The molecule has 494 valence electrons. The molecule has 7 nitrogen and oxygen atoms in total. The van der Waals surface area contributed by atoms with Crippen LogP contribution in [0.15, 0.2) is 200 Å². The average Bonchev–Trinajstić information content (AvgIpc) is 1.59. The van der Waals surface area contributed by atoms with Gasteiger partial charge >= 0.3 is 7.82 Å². The fraction of sp³-hybridized carbons (Fsp3) is 0.379. The molecule has 0 unspecified atom stereocenters. The van der Waals surface area contributed by atoms with Crippen LogP contribution in [0.5, 0.6) is 17.2 Å². The van der Waals surface area contributed by atoms with Crippen molar-refractivity contribution in [2.45, 2.75) is 175 Å². The van der Waals surface area contributed by atoms with E-state index >= 15 is 4.57 Å². The minimum Gasteiger partial charge on any atom is -0.466 e. The first-order valence-electron chi connectivity index (χ1n) is 35.4. The van der Waals surface area contributed by atoms with E-state index in [2.05, 4.69) is 263 Å². The summed E-state index contributed by atoms with van der Waals surface area (Å²) in [5.41, 5.74) is 22.0. The number of benzene rings is 9. The first-order chi connectivity index (χ1) is 46.2. The van der Waals surface area contributed by atoms with Gasteiger partial charge in [-0.15, -0.1) is 0 Å². The Morgan fingerprint density at radius 2 is 0.526 bits per heavy atom. The van der Waals surface area contributed by atoms with Gasteiger partial charge in [-0.1, -0.05) is 263 Å². The molecule has 0 aromatic heterocycles. The Kier molecular flexibility index (Phi) is 22.1. The zero-order valence-corrected chi connectivity index (χ0v) is 58.6. The van der Waals surface area contributed by atoms with E-state index in [1.807, 2.05) is 0 Å². The maximum atomic E-state index is 16.2. The van der Waals surface area contributed by atoms with Crippen LogP contribution < -0.4 is 14.2 Å². The molecule has 3 atom stereocenters. The van der Waals surface area contributed by atoms with E-state index in [0.29, 0.717) is 17.8 Å². The Morgan fingerprint density at radius 3 is 0.726 bits per heavy atom. The summed E-state index contributed by atoms with van der Waals surface area (Å²) in [7, 11) is -4.62. The van der Waals surface area contributed by atoms with Crippen molar-refractivity contribution >= 4 is 7.82 Å². The lowest BCUT2D eigenvalue weighted by Crippen LogP contribution is -2.18. The van der Waals surface area contributed by atoms with Crippen LogP contribution >= 0.6 is 7.82 Å². The molecule has 9 aromatic carbocycles. The van der Waals surface area contributed by atoms with Gasteiger partial charge in [0.2, 0.25) is 0 Å². The van der Waals surface area contributed by atoms with E-state index < -0.39 is 28.2 Å². The summed E-state index contributed by atoms with van der Waals surface area (Å²) in [5, 5.41) is 0. The van der Waals surface area contributed by atoms with Crippen molar-refractivity contribution in [3.8, 4) is 17.2 Å². The number of rotatable bonds is 33. The van der Waals surface area contributed by atoms with Gasteiger partial charge < -0.3 is 14.2 Å². The molecule has 0 N–H and O–H groups in total. The molecule has 95 heavy (non-hydrogen) atoms. The number of phosphoric acid groups is 1. The van der Waals surface area contributed by atoms with Gasteiger partial charge in [0.05, 0.1) is 0 Å². The summed E-state index contributed by atoms with van der Waals surface area (Å²) in [6.45, 7) is 19.3. The second-order valence-corrected chi connectivity index (χ2v) is 30.1. The van der Waals surface area contributed by atoms with Crippen molar-refractivity contribution in [2.75, 3.05) is 20.4 Å². The van der Waals surface area contributed by atoms with Gasteiger partial charge in [-0.3, -0.25) is 0 Å². The Bertz CT molecular complexity index is 3590. The maximum Gasteiger partial charge on any atom is 0.483 e. The summed E-state index contributed by atoms with van der Waals surface area (Å²) in [6, 6.07) is 71.8. The quantitative estimate of drug-likeness (QED) is 0.0300. The monoisotopic (exact) mass is 1290 g/mol. The van der Waals surface area contributed by atoms with Crippen molar-refractivity contribution in [3.05, 3.63) is 300 Å². The fourth-order valence-corrected chi connectivity index (χ4v) is 15.4. The molecular weight excluding hydrogens is 1190 g/mol. The third kappa shape index (κ3) is 17.0. The van der Waals surface area contributed by atoms with Crippen molar-refractivity contribution < 1.29 is 32.3 Å². The number of hydrogen-bond acceptors (Lipinski definition) is 7. The van der Waals surface area contributed by atoms with E-state index in [4.69, 9.17) is 27.8 Å². The van der Waals surface area contributed by atoms with Crippen LogP contribution in [-0.4, -0.2) is 20.4 Å². The molecule has 0 radical (unpaired) electrons. The Hall–Kier alpha value is -7.51. The molecule has 0 heterocycles. The molecule has 3 fully saturated rings. The topological polar surface area (TPSA) is 72.5 Å². The molecule has 3 saturated carbocycles. The standard InChI is InChI=1S/C87H99O7P/c1-58(2)76-52-73(46-64-28-16-10-17-29-64)79(49-67-34-22-13-23-35-67)82(61(7)70-40-41-70)85(76)89-55-92-95(88,93-56-90-86-77(59(3)4)53-74(47-65-30-18-11-19-31-65)80(50-68-36-24-14-25-37-68)83(86)62(8)71-42-43-71)94-57-91-87-78(60(5)6)54-75(48-66-32-20-12-21-33-66)81(51-69-38-26-15-27-39-69)84(87)63(9)72-44-45-72/h10-39,52-54,58-63,70-72H,40-51,55-57H2,1-9H3/t61-,62-,63-/m1/s1. The normalized spacial score (nSPS) is 15.1. The van der Waals surface area contributed by atoms with Crippen molar-refractivity contribution in [1.29, 1.82) is 0 Å². The highest BCUT2D eigenvalue weighted by Gasteiger charge is 2.39. The van der Waals surface area contributed by atoms with E-state index in [1.165, 1.54) is 83.5 Å². The third-order valence-corrected chi connectivity index (χ3v) is 21.8. The second-order valence-electron chi connectivity index (χ2n) is 28.5.